The Balaban J connectivity index is 1.29. The van der Waals surface area contributed by atoms with Crippen LogP contribution in [0.4, 0.5) is 0 Å². The van der Waals surface area contributed by atoms with Gasteiger partial charge in [0.1, 0.15) is 0 Å². The highest BCUT2D eigenvalue weighted by atomic mass is 35.5. The molecule has 3 aliphatic heterocycles. The summed E-state index contributed by atoms with van der Waals surface area (Å²) in [6.07, 6.45) is 7.29. The number of likely N-dealkylation sites (tertiary alicyclic amines) is 2. The molecule has 2 aromatic carbocycles. The lowest BCUT2D eigenvalue weighted by Gasteiger charge is -2.46. The highest BCUT2D eigenvalue weighted by Gasteiger charge is 2.35. The van der Waals surface area contributed by atoms with E-state index in [-0.39, 0.29) is 0 Å². The van der Waals surface area contributed by atoms with Crippen LogP contribution in [0.15, 0.2) is 36.4 Å². The molecule has 0 radical (unpaired) electrons. The van der Waals surface area contributed by atoms with Gasteiger partial charge in [-0.15, -0.1) is 0 Å². The van der Waals surface area contributed by atoms with Gasteiger partial charge in [0.25, 0.3) is 0 Å². The largest absolute Gasteiger partial charge is 0.493 e. The fourth-order valence-corrected chi connectivity index (χ4v) is 6.78. The van der Waals surface area contributed by atoms with Crippen LogP contribution in [0.1, 0.15) is 55.2 Å². The van der Waals surface area contributed by atoms with E-state index in [1.54, 1.807) is 14.2 Å². The van der Waals surface area contributed by atoms with Crippen molar-refractivity contribution in [3.8, 4) is 11.5 Å². The number of carbonyl (C=O) groups is 1. The molecule has 2 saturated heterocycles. The molecule has 0 aliphatic carbocycles. The van der Waals surface area contributed by atoms with E-state index >= 15 is 0 Å². The number of rotatable bonds is 8. The highest BCUT2D eigenvalue weighted by molar-refractivity contribution is 6.30. The summed E-state index contributed by atoms with van der Waals surface area (Å²) < 4.78 is 11.2. The Morgan fingerprint density at radius 2 is 1.66 bits per heavy atom. The molecule has 2 atom stereocenters. The summed E-state index contributed by atoms with van der Waals surface area (Å²) in [4.78, 5) is 20.4. The predicted octanol–water partition coefficient (Wildman–Crippen LogP) is 5.40. The molecule has 0 bridgehead atoms. The van der Waals surface area contributed by atoms with Crippen LogP contribution in [-0.4, -0.2) is 73.6 Å². The second-order valence-electron chi connectivity index (χ2n) is 11.2. The summed E-state index contributed by atoms with van der Waals surface area (Å²) in [7, 11) is 3.41. The molecule has 38 heavy (non-hydrogen) atoms. The predicted molar refractivity (Wildman–Crippen MR) is 152 cm³/mol. The Bertz CT molecular complexity index is 1090. The van der Waals surface area contributed by atoms with Gasteiger partial charge >= 0.3 is 0 Å². The molecule has 0 unspecified atom stereocenters. The van der Waals surface area contributed by atoms with Gasteiger partial charge in [-0.1, -0.05) is 23.7 Å². The van der Waals surface area contributed by atoms with Gasteiger partial charge < -0.3 is 14.4 Å². The zero-order valence-electron chi connectivity index (χ0n) is 23.0. The second kappa shape index (κ2) is 12.7. The van der Waals surface area contributed by atoms with Crippen molar-refractivity contribution in [1.29, 1.82) is 0 Å². The van der Waals surface area contributed by atoms with Crippen molar-refractivity contribution in [2.24, 2.45) is 5.92 Å². The molecule has 3 aliphatic rings. The Morgan fingerprint density at radius 1 is 0.947 bits per heavy atom. The zero-order valence-corrected chi connectivity index (χ0v) is 23.7. The third-order valence-corrected chi connectivity index (χ3v) is 9.00. The molecule has 0 aromatic heterocycles. The first-order valence-corrected chi connectivity index (χ1v) is 14.6. The lowest BCUT2D eigenvalue weighted by atomic mass is 9.85. The number of nitrogens with zero attached hydrogens (tertiary/aromatic N) is 3. The van der Waals surface area contributed by atoms with E-state index in [9.17, 15) is 4.79 Å². The van der Waals surface area contributed by atoms with E-state index in [1.165, 1.54) is 23.1 Å². The van der Waals surface area contributed by atoms with Gasteiger partial charge in [0.05, 0.1) is 14.2 Å². The number of methoxy groups -OCH3 is 2. The van der Waals surface area contributed by atoms with Crippen LogP contribution < -0.4 is 9.47 Å². The van der Waals surface area contributed by atoms with E-state index in [0.717, 1.165) is 94.4 Å². The third-order valence-electron chi connectivity index (χ3n) is 8.75. The summed E-state index contributed by atoms with van der Waals surface area (Å²) in [5, 5.41) is 0.779. The first kappa shape index (κ1) is 27.3. The van der Waals surface area contributed by atoms with E-state index in [1.807, 2.05) is 12.1 Å². The topological polar surface area (TPSA) is 45.3 Å². The maximum Gasteiger partial charge on any atom is 0.222 e. The van der Waals surface area contributed by atoms with Crippen molar-refractivity contribution in [3.05, 3.63) is 58.1 Å². The minimum Gasteiger partial charge on any atom is -0.493 e. The number of halogens is 1. The van der Waals surface area contributed by atoms with Crippen molar-refractivity contribution >= 4 is 17.5 Å². The lowest BCUT2D eigenvalue weighted by molar-refractivity contribution is -0.132. The fourth-order valence-electron chi connectivity index (χ4n) is 6.65. The smallest absolute Gasteiger partial charge is 0.222 e. The summed E-state index contributed by atoms with van der Waals surface area (Å²) >= 11 is 6.12. The molecular weight excluding hydrogens is 498 g/mol. The summed E-state index contributed by atoms with van der Waals surface area (Å²) in [6, 6.07) is 13.0. The minimum atomic E-state index is 0.346. The molecular formula is C31H42ClN3O3. The Hall–Kier alpha value is -2.28. The third kappa shape index (κ3) is 6.47. The maximum atomic E-state index is 13.1. The minimum absolute atomic E-state index is 0.346. The monoisotopic (exact) mass is 539 g/mol. The number of fused-ring (bicyclic) bond motifs is 1. The van der Waals surface area contributed by atoms with Crippen molar-refractivity contribution in [2.45, 2.75) is 64.1 Å². The molecule has 0 saturated carbocycles. The van der Waals surface area contributed by atoms with Gasteiger partial charge in [-0.05, 0) is 91.9 Å². The van der Waals surface area contributed by atoms with E-state index < -0.39 is 0 Å². The van der Waals surface area contributed by atoms with Crippen molar-refractivity contribution in [2.75, 3.05) is 46.9 Å². The zero-order chi connectivity index (χ0) is 26.5. The summed E-state index contributed by atoms with van der Waals surface area (Å²) in [5.41, 5.74) is 3.99. The summed E-state index contributed by atoms with van der Waals surface area (Å²) in [5.74, 6) is 2.42. The molecule has 2 fully saturated rings. The number of benzene rings is 2. The van der Waals surface area contributed by atoms with Crippen LogP contribution >= 0.6 is 11.6 Å². The van der Waals surface area contributed by atoms with Gasteiger partial charge in [0, 0.05) is 56.8 Å². The maximum absolute atomic E-state index is 13.1. The molecule has 1 amide bonds. The average molecular weight is 540 g/mol. The van der Waals surface area contributed by atoms with E-state index in [2.05, 4.69) is 39.0 Å². The lowest BCUT2D eigenvalue weighted by Crippen LogP contribution is -2.52. The van der Waals surface area contributed by atoms with Crippen LogP contribution in [-0.2, 0) is 24.3 Å². The Labute approximate surface area is 232 Å². The highest BCUT2D eigenvalue weighted by Crippen LogP contribution is 2.36. The van der Waals surface area contributed by atoms with Gasteiger partial charge in [0.15, 0.2) is 11.5 Å². The number of hydrogen-bond donors (Lipinski definition) is 0. The van der Waals surface area contributed by atoms with Crippen LogP contribution in [0, 0.1) is 5.92 Å². The van der Waals surface area contributed by atoms with E-state index in [4.69, 9.17) is 21.1 Å². The van der Waals surface area contributed by atoms with Crippen molar-refractivity contribution < 1.29 is 14.3 Å². The van der Waals surface area contributed by atoms with Crippen LogP contribution in [0.25, 0.3) is 0 Å². The molecule has 206 valence electrons. The Morgan fingerprint density at radius 3 is 2.37 bits per heavy atom. The second-order valence-corrected chi connectivity index (χ2v) is 11.6. The number of carbonyl (C=O) groups excluding carboxylic acids is 1. The average Bonchev–Trinajstić information content (AvgIpc) is 2.96. The summed E-state index contributed by atoms with van der Waals surface area (Å²) in [6.45, 7) is 6.86. The van der Waals surface area contributed by atoms with E-state index in [0.29, 0.717) is 24.3 Å². The fraction of sp³-hybridized carbons (Fsp3) is 0.581. The molecule has 0 spiro atoms. The van der Waals surface area contributed by atoms with Crippen LogP contribution in [0.5, 0.6) is 11.5 Å². The molecule has 7 heteroatoms. The SMILES string of the molecule is COc1cc2c(cc1OC)CN([C@@H]1CCN(Cc3ccc(Cl)cc3)C[C@@H]1CCC(=O)N1CCCCC1)CC2. The molecule has 0 N–H and O–H groups in total. The Kier molecular flexibility index (Phi) is 9.13. The first-order chi connectivity index (χ1) is 18.5. The van der Waals surface area contributed by atoms with Gasteiger partial charge in [0.2, 0.25) is 5.91 Å². The molecule has 3 heterocycles. The number of amides is 1. The van der Waals surface area contributed by atoms with Gasteiger partial charge in [-0.2, -0.15) is 0 Å². The van der Waals surface area contributed by atoms with Crippen LogP contribution in [0.3, 0.4) is 0 Å². The molecule has 6 nitrogen and oxygen atoms in total. The van der Waals surface area contributed by atoms with Gasteiger partial charge in [-0.25, -0.2) is 0 Å². The quantitative estimate of drug-likeness (QED) is 0.449. The first-order valence-electron chi connectivity index (χ1n) is 14.3. The molecule has 2 aromatic rings. The van der Waals surface area contributed by atoms with Crippen LogP contribution in [0.2, 0.25) is 5.02 Å². The number of piperidine rings is 2. The van der Waals surface area contributed by atoms with Gasteiger partial charge in [-0.3, -0.25) is 14.6 Å². The van der Waals surface area contributed by atoms with Crippen molar-refractivity contribution in [1.82, 2.24) is 14.7 Å². The number of hydrogen-bond acceptors (Lipinski definition) is 5. The molecule has 5 rings (SSSR count). The van der Waals surface area contributed by atoms with Crippen molar-refractivity contribution in [3.63, 3.8) is 0 Å². The number of ether oxygens (including phenoxy) is 2. The normalized spacial score (nSPS) is 22.7. The standard InChI is InChI=1S/C31H42ClN3O3/c1-37-29-18-24-12-17-35(22-26(24)19-30(29)38-2)28-13-16-33(20-23-6-9-27(32)10-7-23)21-25(28)8-11-31(36)34-14-4-3-5-15-34/h6-7,9-10,18-19,25,28H,3-5,8,11-17,20-22H2,1-2H3/t25-,28+/m0/s1.